The molecule has 0 saturated carbocycles. The van der Waals surface area contributed by atoms with E-state index in [1.807, 2.05) is 30.3 Å². The largest absolute Gasteiger partial charge is 0.504 e. The monoisotopic (exact) mass is 464 g/mol. The molecule has 2 heterocycles. The number of halogens is 1. The summed E-state index contributed by atoms with van der Waals surface area (Å²) in [6.07, 6.45) is -1.05. The fraction of sp³-hybridized carbons (Fsp3) is 0.200. The van der Waals surface area contributed by atoms with Crippen molar-refractivity contribution in [1.29, 1.82) is 0 Å². The highest BCUT2D eigenvalue weighted by Crippen LogP contribution is 2.51. The van der Waals surface area contributed by atoms with E-state index in [2.05, 4.69) is 0 Å². The van der Waals surface area contributed by atoms with Crippen molar-refractivity contribution in [2.75, 3.05) is 17.1 Å². The van der Waals surface area contributed by atoms with E-state index >= 15 is 0 Å². The number of rotatable bonds is 4. The number of aromatic hydroxyl groups is 1. The number of hydroxylamine groups is 1. The van der Waals surface area contributed by atoms with E-state index in [4.69, 9.17) is 21.2 Å². The van der Waals surface area contributed by atoms with Gasteiger partial charge in [0.05, 0.1) is 18.5 Å². The van der Waals surface area contributed by atoms with E-state index in [-0.39, 0.29) is 11.5 Å². The molecule has 8 heteroatoms. The van der Waals surface area contributed by atoms with Crippen molar-refractivity contribution in [3.8, 4) is 11.5 Å². The van der Waals surface area contributed by atoms with Gasteiger partial charge < -0.3 is 9.84 Å². The number of carbonyl (C=O) groups is 2. The first-order valence-electron chi connectivity index (χ1n) is 10.4. The molecular weight excluding hydrogens is 444 g/mol. The third-order valence-corrected chi connectivity index (χ3v) is 6.58. The van der Waals surface area contributed by atoms with Gasteiger partial charge in [-0.1, -0.05) is 48.0 Å². The van der Waals surface area contributed by atoms with Crippen LogP contribution < -0.4 is 14.7 Å². The Morgan fingerprint density at radius 2 is 1.70 bits per heavy atom. The van der Waals surface area contributed by atoms with E-state index in [0.29, 0.717) is 27.5 Å². The fourth-order valence-electron chi connectivity index (χ4n) is 4.55. The smallest absolute Gasteiger partial charge is 0.266 e. The fourth-order valence-corrected chi connectivity index (χ4v) is 4.72. The summed E-state index contributed by atoms with van der Waals surface area (Å²) in [5, 5.41) is 12.9. The summed E-state index contributed by atoms with van der Waals surface area (Å²) < 4.78 is 5.28. The second-order valence-electron chi connectivity index (χ2n) is 7.95. The van der Waals surface area contributed by atoms with Gasteiger partial charge in [0.1, 0.15) is 12.0 Å². The molecule has 3 aromatic carbocycles. The first-order valence-corrected chi connectivity index (χ1v) is 10.8. The third kappa shape index (κ3) is 3.23. The molecule has 1 N–H and O–H groups in total. The highest BCUT2D eigenvalue weighted by molar-refractivity contribution is 6.32. The zero-order chi connectivity index (χ0) is 23.3. The van der Waals surface area contributed by atoms with Gasteiger partial charge in [-0.3, -0.25) is 14.4 Å². The van der Waals surface area contributed by atoms with Gasteiger partial charge in [0.15, 0.2) is 17.6 Å². The molecule has 3 aromatic rings. The van der Waals surface area contributed by atoms with Crippen LogP contribution in [0.4, 0.5) is 11.4 Å². The standard InChI is InChI=1S/C25H21ClN2O5/c1-14-17(26)11-7-12-18(14)27-24(30)20-21(16-10-6-13-19(32-2)22(16)29)28(33-23(20)25(27)31)15-8-4-3-5-9-15/h3-13,20-21,23,29H,1-2H3/t20-,21-,23+/m1/s1. The van der Waals surface area contributed by atoms with E-state index in [9.17, 15) is 14.7 Å². The number of anilines is 2. The molecule has 2 aliphatic heterocycles. The van der Waals surface area contributed by atoms with Gasteiger partial charge in [0.25, 0.3) is 5.91 Å². The number of amides is 2. The second-order valence-corrected chi connectivity index (χ2v) is 8.36. The molecule has 33 heavy (non-hydrogen) atoms. The summed E-state index contributed by atoms with van der Waals surface area (Å²) in [6.45, 7) is 1.76. The van der Waals surface area contributed by atoms with Crippen LogP contribution in [0.1, 0.15) is 17.2 Å². The SMILES string of the molecule is COc1cccc([C@@H]2[C@H]3C(=O)N(c4cccc(Cl)c4C)C(=O)[C@H]3ON2c2ccccc2)c1O. The van der Waals surface area contributed by atoms with Gasteiger partial charge in [-0.2, -0.15) is 0 Å². The van der Waals surface area contributed by atoms with Crippen molar-refractivity contribution in [2.24, 2.45) is 5.92 Å². The van der Waals surface area contributed by atoms with E-state index in [0.717, 1.165) is 4.90 Å². The van der Waals surface area contributed by atoms with Crippen molar-refractivity contribution in [3.05, 3.63) is 82.9 Å². The molecule has 168 valence electrons. The molecule has 0 bridgehead atoms. The number of nitrogens with zero attached hydrogens (tertiary/aromatic N) is 2. The number of hydrogen-bond acceptors (Lipinski definition) is 6. The van der Waals surface area contributed by atoms with Crippen molar-refractivity contribution in [3.63, 3.8) is 0 Å². The van der Waals surface area contributed by atoms with Gasteiger partial charge in [-0.25, -0.2) is 9.96 Å². The number of hydrogen-bond donors (Lipinski definition) is 1. The Morgan fingerprint density at radius 3 is 2.42 bits per heavy atom. The van der Waals surface area contributed by atoms with Crippen molar-refractivity contribution in [1.82, 2.24) is 0 Å². The second kappa shape index (κ2) is 8.10. The predicted molar refractivity (Wildman–Crippen MR) is 123 cm³/mol. The number of imide groups is 1. The maximum absolute atomic E-state index is 13.7. The van der Waals surface area contributed by atoms with Crippen LogP contribution in [0, 0.1) is 12.8 Å². The average molecular weight is 465 g/mol. The topological polar surface area (TPSA) is 79.3 Å². The zero-order valence-corrected chi connectivity index (χ0v) is 18.7. The quantitative estimate of drug-likeness (QED) is 0.576. The van der Waals surface area contributed by atoms with Crippen LogP contribution in [0.3, 0.4) is 0 Å². The molecule has 0 unspecified atom stereocenters. The van der Waals surface area contributed by atoms with Crippen LogP contribution in [0.15, 0.2) is 66.7 Å². The minimum Gasteiger partial charge on any atom is -0.504 e. The summed E-state index contributed by atoms with van der Waals surface area (Å²) in [7, 11) is 1.45. The lowest BCUT2D eigenvalue weighted by atomic mass is 9.90. The number of para-hydroxylation sites is 2. The van der Waals surface area contributed by atoms with Crippen molar-refractivity contribution >= 4 is 34.8 Å². The minimum absolute atomic E-state index is 0.104. The maximum atomic E-state index is 13.7. The predicted octanol–water partition coefficient (Wildman–Crippen LogP) is 4.41. The summed E-state index contributed by atoms with van der Waals surface area (Å²) in [5.74, 6) is -1.60. The van der Waals surface area contributed by atoms with E-state index < -0.39 is 29.9 Å². The van der Waals surface area contributed by atoms with Gasteiger partial charge >= 0.3 is 0 Å². The summed E-state index contributed by atoms with van der Waals surface area (Å²) in [4.78, 5) is 34.4. The molecule has 7 nitrogen and oxygen atoms in total. The molecule has 0 radical (unpaired) electrons. The molecular formula is C25H21ClN2O5. The Balaban J connectivity index is 1.64. The lowest BCUT2D eigenvalue weighted by Crippen LogP contribution is -2.37. The molecule has 2 fully saturated rings. The van der Waals surface area contributed by atoms with Crippen LogP contribution in [0.2, 0.25) is 5.02 Å². The molecule has 2 saturated heterocycles. The van der Waals surface area contributed by atoms with Crippen LogP contribution in [0.5, 0.6) is 11.5 Å². The van der Waals surface area contributed by atoms with Gasteiger partial charge in [0.2, 0.25) is 5.91 Å². The lowest BCUT2D eigenvalue weighted by Gasteiger charge is -2.29. The van der Waals surface area contributed by atoms with Gasteiger partial charge in [-0.15, -0.1) is 0 Å². The third-order valence-electron chi connectivity index (χ3n) is 6.17. The summed E-state index contributed by atoms with van der Waals surface area (Å²) >= 11 is 6.25. The molecule has 2 amide bonds. The number of fused-ring (bicyclic) bond motifs is 1. The van der Waals surface area contributed by atoms with Crippen LogP contribution in [0.25, 0.3) is 0 Å². The number of benzene rings is 3. The molecule has 0 aromatic heterocycles. The number of phenols is 1. The Morgan fingerprint density at radius 1 is 0.970 bits per heavy atom. The molecule has 5 rings (SSSR count). The van der Waals surface area contributed by atoms with Crippen LogP contribution in [-0.4, -0.2) is 30.1 Å². The minimum atomic E-state index is -1.05. The van der Waals surface area contributed by atoms with Gasteiger partial charge in [0, 0.05) is 10.6 Å². The normalized spacial score (nSPS) is 22.1. The molecule has 2 aliphatic rings. The summed E-state index contributed by atoms with van der Waals surface area (Å²) in [6, 6.07) is 18.6. The Hall–Kier alpha value is -3.55. The molecule has 3 atom stereocenters. The van der Waals surface area contributed by atoms with Crippen LogP contribution >= 0.6 is 11.6 Å². The molecule has 0 aliphatic carbocycles. The van der Waals surface area contributed by atoms with Gasteiger partial charge in [-0.05, 0) is 42.8 Å². The highest BCUT2D eigenvalue weighted by atomic mass is 35.5. The first kappa shape index (κ1) is 21.3. The number of carbonyl (C=O) groups excluding carboxylic acids is 2. The Bertz CT molecular complexity index is 1250. The van der Waals surface area contributed by atoms with Crippen molar-refractivity contribution in [2.45, 2.75) is 19.1 Å². The lowest BCUT2D eigenvalue weighted by molar-refractivity contribution is -0.126. The maximum Gasteiger partial charge on any atom is 0.266 e. The van der Waals surface area contributed by atoms with E-state index in [1.165, 1.54) is 12.2 Å². The number of phenolic OH excluding ortho intramolecular Hbond substituents is 1. The number of methoxy groups -OCH3 is 1. The average Bonchev–Trinajstić information content (AvgIpc) is 3.33. The zero-order valence-electron chi connectivity index (χ0n) is 17.9. The van der Waals surface area contributed by atoms with Crippen LogP contribution in [-0.2, 0) is 14.4 Å². The number of ether oxygens (including phenoxy) is 1. The Kier molecular flexibility index (Phi) is 5.23. The summed E-state index contributed by atoms with van der Waals surface area (Å²) in [5.41, 5.74) is 2.14. The van der Waals surface area contributed by atoms with E-state index in [1.54, 1.807) is 43.3 Å². The first-order chi connectivity index (χ1) is 15.9. The Labute approximate surface area is 195 Å². The van der Waals surface area contributed by atoms with Crippen molar-refractivity contribution < 1.29 is 24.3 Å². The molecule has 0 spiro atoms. The highest BCUT2D eigenvalue weighted by Gasteiger charge is 2.61.